The van der Waals surface area contributed by atoms with Gasteiger partial charge < -0.3 is 9.32 Å². The summed E-state index contributed by atoms with van der Waals surface area (Å²) in [5.74, 6) is 0.369. The molecular formula is C26H24N4O5. The zero-order valence-electron chi connectivity index (χ0n) is 19.2. The van der Waals surface area contributed by atoms with Crippen molar-refractivity contribution < 1.29 is 18.9 Å². The first-order valence-electron chi connectivity index (χ1n) is 11.6. The first-order chi connectivity index (χ1) is 16.9. The van der Waals surface area contributed by atoms with Crippen LogP contribution in [0, 0.1) is 17.0 Å². The van der Waals surface area contributed by atoms with Gasteiger partial charge in [0.1, 0.15) is 5.76 Å². The molecule has 0 saturated heterocycles. The number of hydrogen-bond acceptors (Lipinski definition) is 6. The Morgan fingerprint density at radius 3 is 2.60 bits per heavy atom. The second-order valence-electron chi connectivity index (χ2n) is 8.70. The maximum Gasteiger partial charge on any atom is 0.294 e. The molecule has 1 aliphatic carbocycles. The highest BCUT2D eigenvalue weighted by Crippen LogP contribution is 2.33. The second kappa shape index (κ2) is 9.17. The predicted molar refractivity (Wildman–Crippen MR) is 130 cm³/mol. The summed E-state index contributed by atoms with van der Waals surface area (Å²) in [4.78, 5) is 38.1. The van der Waals surface area contributed by atoms with Crippen molar-refractivity contribution in [2.75, 3.05) is 11.4 Å². The summed E-state index contributed by atoms with van der Waals surface area (Å²) in [6, 6.07) is 13.3. The normalized spacial score (nSPS) is 15.9. The third kappa shape index (κ3) is 4.21. The van der Waals surface area contributed by atoms with Crippen molar-refractivity contribution in [3.8, 4) is 0 Å². The van der Waals surface area contributed by atoms with Crippen LogP contribution >= 0.6 is 0 Å². The van der Waals surface area contributed by atoms with E-state index >= 15 is 0 Å². The fraction of sp³-hybridized carbons (Fsp3) is 0.269. The van der Waals surface area contributed by atoms with E-state index in [1.165, 1.54) is 24.3 Å². The van der Waals surface area contributed by atoms with Crippen molar-refractivity contribution >= 4 is 28.9 Å². The molecule has 0 bridgehead atoms. The SMILES string of the molecule is Cc1c(C(=O)N2CCCc3ccccc32)oc2c1/C(=N/NC(=O)c1ccc([N+](=O)[O-])cc1)CCC2. The molecule has 0 radical (unpaired) electrons. The number of aryl methyl sites for hydroxylation is 2. The van der Waals surface area contributed by atoms with Crippen LogP contribution < -0.4 is 10.3 Å². The van der Waals surface area contributed by atoms with Gasteiger partial charge in [-0.05, 0) is 56.4 Å². The zero-order chi connectivity index (χ0) is 24.5. The third-order valence-corrected chi connectivity index (χ3v) is 6.51. The number of amides is 2. The Kier molecular flexibility index (Phi) is 5.90. The van der Waals surface area contributed by atoms with E-state index in [9.17, 15) is 19.7 Å². The van der Waals surface area contributed by atoms with Gasteiger partial charge in [0.2, 0.25) is 0 Å². The van der Waals surface area contributed by atoms with Crippen LogP contribution in [0.1, 0.15) is 62.6 Å². The lowest BCUT2D eigenvalue weighted by atomic mass is 9.93. The van der Waals surface area contributed by atoms with Crippen molar-refractivity contribution in [3.05, 3.63) is 92.4 Å². The van der Waals surface area contributed by atoms with Gasteiger partial charge in [-0.15, -0.1) is 0 Å². The zero-order valence-corrected chi connectivity index (χ0v) is 19.2. The van der Waals surface area contributed by atoms with E-state index in [4.69, 9.17) is 4.42 Å². The van der Waals surface area contributed by atoms with Gasteiger partial charge in [-0.3, -0.25) is 19.7 Å². The smallest absolute Gasteiger partial charge is 0.294 e. The maximum atomic E-state index is 13.5. The summed E-state index contributed by atoms with van der Waals surface area (Å²) in [6.07, 6.45) is 3.94. The van der Waals surface area contributed by atoms with Gasteiger partial charge >= 0.3 is 0 Å². The van der Waals surface area contributed by atoms with E-state index < -0.39 is 10.8 Å². The fourth-order valence-corrected chi connectivity index (χ4v) is 4.77. The molecule has 0 unspecified atom stereocenters. The average molecular weight is 473 g/mol. The van der Waals surface area contributed by atoms with E-state index in [0.717, 1.165) is 41.6 Å². The Hall–Kier alpha value is -4.27. The van der Waals surface area contributed by atoms with E-state index in [1.807, 2.05) is 31.2 Å². The average Bonchev–Trinajstić information content (AvgIpc) is 3.23. The summed E-state index contributed by atoms with van der Waals surface area (Å²) in [6.45, 7) is 2.48. The third-order valence-electron chi connectivity index (χ3n) is 6.51. The first-order valence-corrected chi connectivity index (χ1v) is 11.6. The molecule has 2 aromatic carbocycles. The number of furan rings is 1. The van der Waals surface area contributed by atoms with Gasteiger partial charge in [-0.2, -0.15) is 5.10 Å². The molecular weight excluding hydrogens is 448 g/mol. The van der Waals surface area contributed by atoms with E-state index in [1.54, 1.807) is 4.90 Å². The molecule has 0 spiro atoms. The summed E-state index contributed by atoms with van der Waals surface area (Å²) < 4.78 is 6.08. The van der Waals surface area contributed by atoms with Crippen molar-refractivity contribution in [2.24, 2.45) is 5.10 Å². The fourth-order valence-electron chi connectivity index (χ4n) is 4.77. The second-order valence-corrected chi connectivity index (χ2v) is 8.70. The van der Waals surface area contributed by atoms with Crippen LogP contribution in [-0.2, 0) is 12.8 Å². The topological polar surface area (TPSA) is 118 Å². The van der Waals surface area contributed by atoms with Crippen molar-refractivity contribution in [2.45, 2.75) is 39.0 Å². The maximum absolute atomic E-state index is 13.5. The number of nitro groups is 1. The molecule has 178 valence electrons. The molecule has 1 N–H and O–H groups in total. The number of nitro benzene ring substituents is 1. The van der Waals surface area contributed by atoms with Gasteiger partial charge in [0, 0.05) is 47.5 Å². The summed E-state index contributed by atoms with van der Waals surface area (Å²) in [5.41, 5.74) is 6.93. The van der Waals surface area contributed by atoms with Crippen LogP contribution in [0.2, 0.25) is 0 Å². The Bertz CT molecular complexity index is 1360. The first kappa shape index (κ1) is 22.5. The number of carbonyl (C=O) groups is 2. The number of nitrogens with one attached hydrogen (secondary N) is 1. The molecule has 5 rings (SSSR count). The van der Waals surface area contributed by atoms with E-state index in [0.29, 0.717) is 36.6 Å². The van der Waals surface area contributed by atoms with E-state index in [-0.39, 0.29) is 17.2 Å². The summed E-state index contributed by atoms with van der Waals surface area (Å²) in [5, 5.41) is 15.2. The quantitative estimate of drug-likeness (QED) is 0.441. The van der Waals surface area contributed by atoms with Gasteiger partial charge in [0.25, 0.3) is 17.5 Å². The van der Waals surface area contributed by atoms with E-state index in [2.05, 4.69) is 10.5 Å². The molecule has 2 aliphatic rings. The molecule has 1 aliphatic heterocycles. The number of benzene rings is 2. The molecule has 9 heteroatoms. The van der Waals surface area contributed by atoms with Crippen molar-refractivity contribution in [3.63, 3.8) is 0 Å². The molecule has 35 heavy (non-hydrogen) atoms. The lowest BCUT2D eigenvalue weighted by Gasteiger charge is -2.28. The van der Waals surface area contributed by atoms with Crippen molar-refractivity contribution in [1.82, 2.24) is 5.43 Å². The minimum absolute atomic E-state index is 0.0904. The summed E-state index contributed by atoms with van der Waals surface area (Å²) in [7, 11) is 0. The van der Waals surface area contributed by atoms with Gasteiger partial charge in [0.15, 0.2) is 5.76 Å². The minimum Gasteiger partial charge on any atom is -0.455 e. The van der Waals surface area contributed by atoms with Crippen LogP contribution in [-0.4, -0.2) is 29.0 Å². The van der Waals surface area contributed by atoms with Gasteiger partial charge in [0.05, 0.1) is 10.6 Å². The molecule has 2 heterocycles. The molecule has 0 saturated carbocycles. The van der Waals surface area contributed by atoms with Gasteiger partial charge in [-0.1, -0.05) is 18.2 Å². The lowest BCUT2D eigenvalue weighted by molar-refractivity contribution is -0.384. The number of anilines is 1. The van der Waals surface area contributed by atoms with Crippen LogP contribution in [0.5, 0.6) is 0 Å². The molecule has 9 nitrogen and oxygen atoms in total. The largest absolute Gasteiger partial charge is 0.455 e. The van der Waals surface area contributed by atoms with Gasteiger partial charge in [-0.25, -0.2) is 5.43 Å². The van der Waals surface area contributed by atoms with Crippen LogP contribution in [0.3, 0.4) is 0 Å². The van der Waals surface area contributed by atoms with Crippen LogP contribution in [0.25, 0.3) is 0 Å². The number of hydrazone groups is 1. The Morgan fingerprint density at radius 2 is 1.83 bits per heavy atom. The van der Waals surface area contributed by atoms with Crippen LogP contribution in [0.15, 0.2) is 58.0 Å². The molecule has 3 aromatic rings. The number of carbonyl (C=O) groups excluding carboxylic acids is 2. The highest BCUT2D eigenvalue weighted by molar-refractivity contribution is 6.10. The number of non-ortho nitro benzene ring substituents is 1. The molecule has 0 atom stereocenters. The summed E-state index contributed by atoms with van der Waals surface area (Å²) >= 11 is 0. The van der Waals surface area contributed by atoms with Crippen molar-refractivity contribution in [1.29, 1.82) is 0 Å². The highest BCUT2D eigenvalue weighted by atomic mass is 16.6. The van der Waals surface area contributed by atoms with Crippen LogP contribution in [0.4, 0.5) is 11.4 Å². The number of nitrogens with zero attached hydrogens (tertiary/aromatic N) is 3. The number of fused-ring (bicyclic) bond motifs is 2. The highest BCUT2D eigenvalue weighted by Gasteiger charge is 2.32. The lowest BCUT2D eigenvalue weighted by Crippen LogP contribution is -2.35. The molecule has 0 fully saturated rings. The molecule has 2 amide bonds. The Labute approximate surface area is 201 Å². The molecule has 1 aromatic heterocycles. The number of para-hydroxylation sites is 1. The Morgan fingerprint density at radius 1 is 1.06 bits per heavy atom. The monoisotopic (exact) mass is 472 g/mol. The number of hydrogen-bond donors (Lipinski definition) is 1. The minimum atomic E-state index is -0.519. The Balaban J connectivity index is 1.40. The predicted octanol–water partition coefficient (Wildman–Crippen LogP) is 4.56. The standard InChI is InChI=1S/C26H24N4O5/c1-16-23-20(27-28-25(31)18-11-13-19(14-12-18)30(33)34)8-4-10-22(23)35-24(16)26(32)29-15-5-7-17-6-2-3-9-21(17)29/h2-3,6,9,11-14H,4-5,7-8,10,15H2,1H3,(H,28,31)/b27-20+. The number of rotatable bonds is 4.